The minimum Gasteiger partial charge on any atom is -0.481 e. The van der Waals surface area contributed by atoms with Crippen molar-refractivity contribution in [2.45, 2.75) is 60.1 Å². The highest BCUT2D eigenvalue weighted by atomic mass is 16.5. The third kappa shape index (κ3) is 4.85. The number of hydrogen-bond donors (Lipinski definition) is 1. The van der Waals surface area contributed by atoms with Crippen LogP contribution in [-0.4, -0.2) is 12.0 Å². The van der Waals surface area contributed by atoms with E-state index in [2.05, 4.69) is 56.4 Å². The topological polar surface area (TPSA) is 38.3 Å². The summed E-state index contributed by atoms with van der Waals surface area (Å²) in [5.41, 5.74) is 5.73. The summed E-state index contributed by atoms with van der Waals surface area (Å²) in [6.07, 6.45) is 0.295. The van der Waals surface area contributed by atoms with E-state index in [4.69, 9.17) is 4.74 Å². The third-order valence-electron chi connectivity index (χ3n) is 4.64. The van der Waals surface area contributed by atoms with Gasteiger partial charge in [0.05, 0.1) is 6.04 Å². The number of carbonyl (C=O) groups excluding carboxylic acids is 1. The van der Waals surface area contributed by atoms with Crippen LogP contribution in [0.15, 0.2) is 36.4 Å². The van der Waals surface area contributed by atoms with Crippen LogP contribution in [0.5, 0.6) is 5.75 Å². The van der Waals surface area contributed by atoms with Crippen molar-refractivity contribution in [3.05, 3.63) is 64.2 Å². The van der Waals surface area contributed by atoms with E-state index in [1.165, 1.54) is 11.1 Å². The summed E-state index contributed by atoms with van der Waals surface area (Å²) in [6, 6.07) is 12.4. The molecule has 0 aromatic heterocycles. The standard InChI is InChI=1S/C22H29NO2/c1-7-20(19-10-8-14(2)9-11-19)23-22(24)18(6)25-21-13-15(3)12-16(4)17(21)5/h8-13,18,20H,7H2,1-6H3,(H,23,24). The van der Waals surface area contributed by atoms with Crippen LogP contribution in [0.3, 0.4) is 0 Å². The smallest absolute Gasteiger partial charge is 0.261 e. The van der Waals surface area contributed by atoms with Gasteiger partial charge in [-0.1, -0.05) is 42.8 Å². The zero-order valence-electron chi connectivity index (χ0n) is 16.1. The molecule has 2 rings (SSSR count). The molecule has 0 spiro atoms. The van der Waals surface area contributed by atoms with E-state index >= 15 is 0 Å². The fourth-order valence-corrected chi connectivity index (χ4v) is 2.88. The first-order valence-electron chi connectivity index (χ1n) is 8.93. The molecule has 0 fully saturated rings. The molecule has 0 aliphatic rings. The number of ether oxygens (including phenoxy) is 1. The Bertz CT molecular complexity index is 734. The normalized spacial score (nSPS) is 13.2. The van der Waals surface area contributed by atoms with Gasteiger partial charge in [-0.15, -0.1) is 0 Å². The monoisotopic (exact) mass is 339 g/mol. The fourth-order valence-electron chi connectivity index (χ4n) is 2.88. The zero-order valence-corrected chi connectivity index (χ0v) is 16.1. The number of amides is 1. The fraction of sp³-hybridized carbons (Fsp3) is 0.409. The Morgan fingerprint density at radius 1 is 1.04 bits per heavy atom. The van der Waals surface area contributed by atoms with Gasteiger partial charge in [0.25, 0.3) is 5.91 Å². The highest BCUT2D eigenvalue weighted by Gasteiger charge is 2.20. The average molecular weight is 339 g/mol. The van der Waals surface area contributed by atoms with Gasteiger partial charge in [-0.2, -0.15) is 0 Å². The molecule has 1 amide bonds. The first-order chi connectivity index (χ1) is 11.8. The summed E-state index contributed by atoms with van der Waals surface area (Å²) in [4.78, 5) is 12.6. The molecule has 3 heteroatoms. The van der Waals surface area contributed by atoms with Gasteiger partial charge in [-0.05, 0) is 69.4 Å². The van der Waals surface area contributed by atoms with Crippen LogP contribution in [0.2, 0.25) is 0 Å². The van der Waals surface area contributed by atoms with Gasteiger partial charge in [-0.25, -0.2) is 0 Å². The van der Waals surface area contributed by atoms with Crippen molar-refractivity contribution in [1.82, 2.24) is 5.32 Å². The van der Waals surface area contributed by atoms with Gasteiger partial charge < -0.3 is 10.1 Å². The lowest BCUT2D eigenvalue weighted by Gasteiger charge is -2.22. The van der Waals surface area contributed by atoms with E-state index in [1.807, 2.05) is 19.9 Å². The minimum atomic E-state index is -0.542. The molecule has 0 heterocycles. The van der Waals surface area contributed by atoms with Crippen molar-refractivity contribution < 1.29 is 9.53 Å². The Morgan fingerprint density at radius 3 is 2.28 bits per heavy atom. The molecule has 3 nitrogen and oxygen atoms in total. The van der Waals surface area contributed by atoms with Gasteiger partial charge >= 0.3 is 0 Å². The maximum atomic E-state index is 12.6. The second kappa shape index (κ2) is 8.19. The Labute approximate surface area is 151 Å². The van der Waals surface area contributed by atoms with Crippen molar-refractivity contribution in [3.8, 4) is 5.75 Å². The van der Waals surface area contributed by atoms with Gasteiger partial charge in [-0.3, -0.25) is 4.79 Å². The zero-order chi connectivity index (χ0) is 18.6. The van der Waals surface area contributed by atoms with Gasteiger partial charge in [0, 0.05) is 0 Å². The van der Waals surface area contributed by atoms with Gasteiger partial charge in [0.1, 0.15) is 5.75 Å². The van der Waals surface area contributed by atoms with E-state index < -0.39 is 6.10 Å². The molecule has 0 saturated carbocycles. The number of nitrogens with one attached hydrogen (secondary N) is 1. The minimum absolute atomic E-state index is 0.000470. The van der Waals surface area contributed by atoms with Crippen LogP contribution < -0.4 is 10.1 Å². The molecule has 0 saturated heterocycles. The number of rotatable bonds is 6. The first-order valence-corrected chi connectivity index (χ1v) is 8.93. The lowest BCUT2D eigenvalue weighted by molar-refractivity contribution is -0.128. The van der Waals surface area contributed by atoms with Crippen molar-refractivity contribution in [2.24, 2.45) is 0 Å². The van der Waals surface area contributed by atoms with Crippen molar-refractivity contribution in [1.29, 1.82) is 0 Å². The van der Waals surface area contributed by atoms with Crippen LogP contribution in [0, 0.1) is 27.7 Å². The molecule has 1 N–H and O–H groups in total. The van der Waals surface area contributed by atoms with E-state index in [0.29, 0.717) is 0 Å². The molecule has 2 aromatic rings. The Kier molecular flexibility index (Phi) is 6.24. The lowest BCUT2D eigenvalue weighted by atomic mass is 10.0. The summed E-state index contributed by atoms with van der Waals surface area (Å²) in [5.74, 6) is 0.689. The first kappa shape index (κ1) is 19.0. The molecule has 0 radical (unpaired) electrons. The summed E-state index contributed by atoms with van der Waals surface area (Å²) >= 11 is 0. The molecular formula is C22H29NO2. The predicted molar refractivity (Wildman–Crippen MR) is 103 cm³/mol. The highest BCUT2D eigenvalue weighted by Crippen LogP contribution is 2.25. The van der Waals surface area contributed by atoms with Gasteiger partial charge in [0.2, 0.25) is 0 Å². The summed E-state index contributed by atoms with van der Waals surface area (Å²) < 4.78 is 5.96. The quantitative estimate of drug-likeness (QED) is 0.808. The van der Waals surface area contributed by atoms with Crippen LogP contribution in [0.4, 0.5) is 0 Å². The van der Waals surface area contributed by atoms with Crippen molar-refractivity contribution in [3.63, 3.8) is 0 Å². The van der Waals surface area contributed by atoms with Crippen LogP contribution in [-0.2, 0) is 4.79 Å². The molecule has 0 aliphatic heterocycles. The number of benzene rings is 2. The molecule has 2 unspecified atom stereocenters. The Hall–Kier alpha value is -2.29. The maximum absolute atomic E-state index is 12.6. The van der Waals surface area contributed by atoms with E-state index in [1.54, 1.807) is 6.92 Å². The number of carbonyl (C=O) groups is 1. The molecule has 0 aliphatic carbocycles. The second-order valence-electron chi connectivity index (χ2n) is 6.85. The third-order valence-corrected chi connectivity index (χ3v) is 4.64. The van der Waals surface area contributed by atoms with Crippen molar-refractivity contribution >= 4 is 5.91 Å². The summed E-state index contributed by atoms with van der Waals surface area (Å²) in [5, 5.41) is 3.11. The van der Waals surface area contributed by atoms with Crippen LogP contribution >= 0.6 is 0 Å². The molecule has 2 atom stereocenters. The van der Waals surface area contributed by atoms with E-state index in [9.17, 15) is 4.79 Å². The molecule has 25 heavy (non-hydrogen) atoms. The van der Waals surface area contributed by atoms with E-state index in [0.717, 1.165) is 28.9 Å². The number of aryl methyl sites for hydroxylation is 3. The molecular weight excluding hydrogens is 310 g/mol. The lowest BCUT2D eigenvalue weighted by Crippen LogP contribution is -2.38. The Morgan fingerprint density at radius 2 is 1.68 bits per heavy atom. The molecule has 134 valence electrons. The maximum Gasteiger partial charge on any atom is 0.261 e. The second-order valence-corrected chi connectivity index (χ2v) is 6.85. The average Bonchev–Trinajstić information content (AvgIpc) is 2.57. The summed E-state index contributed by atoms with van der Waals surface area (Å²) in [6.45, 7) is 12.1. The van der Waals surface area contributed by atoms with Crippen LogP contribution in [0.25, 0.3) is 0 Å². The Balaban J connectivity index is 2.08. The SMILES string of the molecule is CCC(NC(=O)C(C)Oc1cc(C)cc(C)c1C)c1ccc(C)cc1. The van der Waals surface area contributed by atoms with Crippen LogP contribution in [0.1, 0.15) is 54.1 Å². The molecule has 0 bridgehead atoms. The largest absolute Gasteiger partial charge is 0.481 e. The molecule has 2 aromatic carbocycles. The van der Waals surface area contributed by atoms with Crippen molar-refractivity contribution in [2.75, 3.05) is 0 Å². The van der Waals surface area contributed by atoms with Gasteiger partial charge in [0.15, 0.2) is 6.10 Å². The summed E-state index contributed by atoms with van der Waals surface area (Å²) in [7, 11) is 0. The predicted octanol–water partition coefficient (Wildman–Crippen LogP) is 4.96. The number of hydrogen-bond acceptors (Lipinski definition) is 2. The highest BCUT2D eigenvalue weighted by molar-refractivity contribution is 5.81. The van der Waals surface area contributed by atoms with E-state index in [-0.39, 0.29) is 11.9 Å².